The molecule has 2 rings (SSSR count). The molecule has 0 spiro atoms. The lowest BCUT2D eigenvalue weighted by Gasteiger charge is -2.36. The van der Waals surface area contributed by atoms with Crippen LogP contribution in [0.25, 0.3) is 0 Å². The van der Waals surface area contributed by atoms with Gasteiger partial charge in [-0.2, -0.15) is 0 Å². The number of Topliss-reactive ketones (excluding diaryl/α,β-unsaturated/α-hetero) is 1. The maximum Gasteiger partial charge on any atom is 0.253 e. The largest absolute Gasteiger partial charge is 0.368 e. The van der Waals surface area contributed by atoms with Crippen LogP contribution >= 0.6 is 15.9 Å². The fourth-order valence-corrected chi connectivity index (χ4v) is 2.90. The van der Waals surface area contributed by atoms with Gasteiger partial charge in [-0.1, -0.05) is 15.9 Å². The number of amides is 1. The molecule has 0 aliphatic carbocycles. The SMILES string of the molecule is CNC(=O)c1ccc(Br)cc1N1CCN(CC(C)=O)CC1. The molecule has 1 fully saturated rings. The van der Waals surface area contributed by atoms with Crippen molar-refractivity contribution < 1.29 is 9.59 Å². The molecule has 0 saturated carbocycles. The fourth-order valence-electron chi connectivity index (χ4n) is 2.55. The molecule has 1 amide bonds. The topological polar surface area (TPSA) is 52.7 Å². The van der Waals surface area contributed by atoms with Gasteiger partial charge in [0.15, 0.2) is 0 Å². The van der Waals surface area contributed by atoms with Crippen molar-refractivity contribution in [3.8, 4) is 0 Å². The Morgan fingerprint density at radius 1 is 1.24 bits per heavy atom. The van der Waals surface area contributed by atoms with E-state index in [2.05, 4.69) is 31.0 Å². The van der Waals surface area contributed by atoms with E-state index in [9.17, 15) is 9.59 Å². The zero-order chi connectivity index (χ0) is 15.4. The Labute approximate surface area is 133 Å². The van der Waals surface area contributed by atoms with Gasteiger partial charge in [-0.3, -0.25) is 14.5 Å². The number of hydrogen-bond acceptors (Lipinski definition) is 4. The van der Waals surface area contributed by atoms with Crippen molar-refractivity contribution in [2.24, 2.45) is 0 Å². The molecular formula is C15H20BrN3O2. The summed E-state index contributed by atoms with van der Waals surface area (Å²) < 4.78 is 0.955. The lowest BCUT2D eigenvalue weighted by molar-refractivity contribution is -0.118. The number of rotatable bonds is 4. The first-order chi connectivity index (χ1) is 10.0. The minimum Gasteiger partial charge on any atom is -0.368 e. The van der Waals surface area contributed by atoms with Crippen molar-refractivity contribution in [2.45, 2.75) is 6.92 Å². The molecule has 0 radical (unpaired) electrons. The Hall–Kier alpha value is -1.40. The summed E-state index contributed by atoms with van der Waals surface area (Å²) in [6.07, 6.45) is 0. The minimum absolute atomic E-state index is 0.0799. The van der Waals surface area contributed by atoms with E-state index in [0.29, 0.717) is 12.1 Å². The molecule has 0 atom stereocenters. The van der Waals surface area contributed by atoms with E-state index in [1.807, 2.05) is 18.2 Å². The maximum absolute atomic E-state index is 12.0. The molecule has 6 heteroatoms. The number of nitrogens with one attached hydrogen (secondary N) is 1. The Morgan fingerprint density at radius 2 is 1.90 bits per heavy atom. The zero-order valence-electron chi connectivity index (χ0n) is 12.4. The summed E-state index contributed by atoms with van der Waals surface area (Å²) in [5, 5.41) is 2.68. The van der Waals surface area contributed by atoms with Gasteiger partial charge in [0.2, 0.25) is 0 Å². The zero-order valence-corrected chi connectivity index (χ0v) is 13.9. The molecule has 1 aromatic carbocycles. The van der Waals surface area contributed by atoms with Crippen molar-refractivity contribution in [3.63, 3.8) is 0 Å². The first-order valence-electron chi connectivity index (χ1n) is 6.99. The van der Waals surface area contributed by atoms with Gasteiger partial charge in [0.25, 0.3) is 5.91 Å². The van der Waals surface area contributed by atoms with E-state index in [-0.39, 0.29) is 11.7 Å². The molecule has 1 aliphatic rings. The van der Waals surface area contributed by atoms with Gasteiger partial charge < -0.3 is 10.2 Å². The number of hydrogen-bond donors (Lipinski definition) is 1. The third-order valence-corrected chi connectivity index (χ3v) is 4.08. The summed E-state index contributed by atoms with van der Waals surface area (Å²) in [5.74, 6) is 0.112. The number of nitrogens with zero attached hydrogens (tertiary/aromatic N) is 2. The highest BCUT2D eigenvalue weighted by Crippen LogP contribution is 2.26. The smallest absolute Gasteiger partial charge is 0.253 e. The van der Waals surface area contributed by atoms with E-state index in [1.54, 1.807) is 14.0 Å². The van der Waals surface area contributed by atoms with Crippen LogP contribution in [0.1, 0.15) is 17.3 Å². The summed E-state index contributed by atoms with van der Waals surface area (Å²) in [7, 11) is 1.64. The van der Waals surface area contributed by atoms with Crippen LogP contribution in [-0.4, -0.2) is 56.4 Å². The van der Waals surface area contributed by atoms with Crippen LogP contribution in [0.2, 0.25) is 0 Å². The van der Waals surface area contributed by atoms with E-state index < -0.39 is 0 Å². The third kappa shape index (κ3) is 4.04. The van der Waals surface area contributed by atoms with Crippen LogP contribution in [0.15, 0.2) is 22.7 Å². The van der Waals surface area contributed by atoms with Crippen LogP contribution in [0, 0.1) is 0 Å². The second-order valence-electron chi connectivity index (χ2n) is 5.21. The normalized spacial score (nSPS) is 15.9. The molecule has 1 N–H and O–H groups in total. The summed E-state index contributed by atoms with van der Waals surface area (Å²) in [6.45, 7) is 5.42. The monoisotopic (exact) mass is 353 g/mol. The molecule has 1 aromatic rings. The summed E-state index contributed by atoms with van der Waals surface area (Å²) in [5.41, 5.74) is 1.62. The first kappa shape index (κ1) is 16.0. The van der Waals surface area contributed by atoms with Crippen molar-refractivity contribution in [1.82, 2.24) is 10.2 Å². The summed E-state index contributed by atoms with van der Waals surface area (Å²) >= 11 is 3.47. The van der Waals surface area contributed by atoms with Crippen LogP contribution < -0.4 is 10.2 Å². The van der Waals surface area contributed by atoms with Gasteiger partial charge in [-0.15, -0.1) is 0 Å². The summed E-state index contributed by atoms with van der Waals surface area (Å²) in [4.78, 5) is 27.5. The number of ketones is 1. The number of carbonyl (C=O) groups excluding carboxylic acids is 2. The number of carbonyl (C=O) groups is 2. The Morgan fingerprint density at radius 3 is 2.48 bits per heavy atom. The second-order valence-corrected chi connectivity index (χ2v) is 6.12. The molecule has 0 aromatic heterocycles. The van der Waals surface area contributed by atoms with Gasteiger partial charge in [-0.25, -0.2) is 0 Å². The minimum atomic E-state index is -0.0799. The van der Waals surface area contributed by atoms with Gasteiger partial charge >= 0.3 is 0 Å². The van der Waals surface area contributed by atoms with Crippen LogP contribution in [-0.2, 0) is 4.79 Å². The van der Waals surface area contributed by atoms with Gasteiger partial charge in [0.05, 0.1) is 17.8 Å². The molecule has 5 nitrogen and oxygen atoms in total. The third-order valence-electron chi connectivity index (χ3n) is 3.59. The summed E-state index contributed by atoms with van der Waals surface area (Å²) in [6, 6.07) is 5.69. The van der Waals surface area contributed by atoms with Gasteiger partial charge in [0, 0.05) is 37.7 Å². The molecule has 1 saturated heterocycles. The molecule has 21 heavy (non-hydrogen) atoms. The van der Waals surface area contributed by atoms with Crippen molar-refractivity contribution in [1.29, 1.82) is 0 Å². The molecule has 0 unspecified atom stereocenters. The highest BCUT2D eigenvalue weighted by molar-refractivity contribution is 9.10. The lowest BCUT2D eigenvalue weighted by atomic mass is 10.1. The van der Waals surface area contributed by atoms with Crippen LogP contribution in [0.5, 0.6) is 0 Å². The first-order valence-corrected chi connectivity index (χ1v) is 7.79. The van der Waals surface area contributed by atoms with Crippen molar-refractivity contribution in [3.05, 3.63) is 28.2 Å². The molecular weight excluding hydrogens is 334 g/mol. The van der Waals surface area contributed by atoms with E-state index >= 15 is 0 Å². The predicted molar refractivity (Wildman–Crippen MR) is 86.9 cm³/mol. The Bertz CT molecular complexity index is 540. The highest BCUT2D eigenvalue weighted by Gasteiger charge is 2.21. The van der Waals surface area contributed by atoms with Crippen LogP contribution in [0.3, 0.4) is 0 Å². The average molecular weight is 354 g/mol. The average Bonchev–Trinajstić information content (AvgIpc) is 2.46. The number of halogens is 1. The van der Waals surface area contributed by atoms with Crippen LogP contribution in [0.4, 0.5) is 5.69 Å². The molecule has 1 aliphatic heterocycles. The van der Waals surface area contributed by atoms with Gasteiger partial charge in [0.1, 0.15) is 5.78 Å². The second kappa shape index (κ2) is 7.04. The number of anilines is 1. The molecule has 1 heterocycles. The maximum atomic E-state index is 12.0. The lowest BCUT2D eigenvalue weighted by Crippen LogP contribution is -2.48. The predicted octanol–water partition coefficient (Wildman–Crippen LogP) is 1.52. The molecule has 114 valence electrons. The molecule has 0 bridgehead atoms. The van der Waals surface area contributed by atoms with E-state index in [0.717, 1.165) is 36.3 Å². The van der Waals surface area contributed by atoms with Crippen molar-refractivity contribution >= 4 is 33.3 Å². The number of benzene rings is 1. The van der Waals surface area contributed by atoms with Gasteiger partial charge in [-0.05, 0) is 25.1 Å². The quantitative estimate of drug-likeness (QED) is 0.891. The standard InChI is InChI=1S/C15H20BrN3O2/c1-11(20)10-18-5-7-19(8-6-18)14-9-12(16)3-4-13(14)15(21)17-2/h3-4,9H,5-8,10H2,1-2H3,(H,17,21). The van der Waals surface area contributed by atoms with E-state index in [1.165, 1.54) is 0 Å². The highest BCUT2D eigenvalue weighted by atomic mass is 79.9. The number of piperazine rings is 1. The Kier molecular flexibility index (Phi) is 5.36. The van der Waals surface area contributed by atoms with E-state index in [4.69, 9.17) is 0 Å². The fraction of sp³-hybridized carbons (Fsp3) is 0.467. The van der Waals surface area contributed by atoms with Crippen molar-refractivity contribution in [2.75, 3.05) is 44.7 Å². The Balaban J connectivity index is 2.14.